The lowest BCUT2D eigenvalue weighted by atomic mass is 10.1. The van der Waals surface area contributed by atoms with Crippen molar-refractivity contribution in [1.29, 1.82) is 0 Å². The number of aromatic nitrogens is 2. The summed E-state index contributed by atoms with van der Waals surface area (Å²) in [6.45, 7) is 1.44. The van der Waals surface area contributed by atoms with Crippen LogP contribution in [-0.2, 0) is 4.79 Å². The zero-order valence-corrected chi connectivity index (χ0v) is 11.7. The Labute approximate surface area is 119 Å². The number of hydrogen-bond acceptors (Lipinski definition) is 3. The van der Waals surface area contributed by atoms with Gasteiger partial charge in [-0.2, -0.15) is 0 Å². The fraction of sp³-hybridized carbons (Fsp3) is 0.143. The van der Waals surface area contributed by atoms with Crippen molar-refractivity contribution in [2.45, 2.75) is 6.92 Å². The van der Waals surface area contributed by atoms with Crippen molar-refractivity contribution in [3.05, 3.63) is 29.5 Å². The Morgan fingerprint density at radius 3 is 2.95 bits per heavy atom. The number of anilines is 1. The number of H-pyrrole nitrogens is 1. The van der Waals surface area contributed by atoms with E-state index < -0.39 is 0 Å². The molecule has 3 aromatic rings. The summed E-state index contributed by atoms with van der Waals surface area (Å²) in [5.41, 5.74) is 2.18. The highest BCUT2D eigenvalue weighted by Crippen LogP contribution is 2.41. The quantitative estimate of drug-likeness (QED) is 0.760. The number of fused-ring (bicyclic) bond motifs is 3. The van der Waals surface area contributed by atoms with Gasteiger partial charge in [0.25, 0.3) is 0 Å². The van der Waals surface area contributed by atoms with Crippen LogP contribution in [0.3, 0.4) is 0 Å². The second kappa shape index (κ2) is 4.68. The third-order valence-corrected chi connectivity index (χ3v) is 3.39. The van der Waals surface area contributed by atoms with Crippen LogP contribution in [0.1, 0.15) is 6.92 Å². The van der Waals surface area contributed by atoms with Gasteiger partial charge in [-0.1, -0.05) is 11.6 Å². The van der Waals surface area contributed by atoms with Gasteiger partial charge in [-0.25, -0.2) is 0 Å². The number of pyridine rings is 1. The van der Waals surface area contributed by atoms with E-state index in [9.17, 15) is 4.79 Å². The molecule has 102 valence electrons. The zero-order valence-electron chi connectivity index (χ0n) is 11.0. The van der Waals surface area contributed by atoms with E-state index in [4.69, 9.17) is 16.3 Å². The number of nitrogens with one attached hydrogen (secondary N) is 2. The fourth-order valence-electron chi connectivity index (χ4n) is 2.33. The highest BCUT2D eigenvalue weighted by atomic mass is 35.5. The predicted octanol–water partition coefficient (Wildman–Crippen LogP) is 3.34. The lowest BCUT2D eigenvalue weighted by Crippen LogP contribution is -2.08. The number of hydrogen-bond donors (Lipinski definition) is 2. The molecule has 0 unspecified atom stereocenters. The van der Waals surface area contributed by atoms with Gasteiger partial charge in [0.2, 0.25) is 5.91 Å². The number of rotatable bonds is 2. The molecule has 5 nitrogen and oxygen atoms in total. The van der Waals surface area contributed by atoms with Crippen LogP contribution in [0.4, 0.5) is 5.69 Å². The Hall–Kier alpha value is -2.27. The monoisotopic (exact) mass is 289 g/mol. The highest BCUT2D eigenvalue weighted by molar-refractivity contribution is 6.35. The second-order valence-corrected chi connectivity index (χ2v) is 4.82. The lowest BCUT2D eigenvalue weighted by molar-refractivity contribution is -0.114. The predicted molar refractivity (Wildman–Crippen MR) is 79.5 cm³/mol. The molecule has 2 aromatic heterocycles. The van der Waals surface area contributed by atoms with Crippen molar-refractivity contribution >= 4 is 45.0 Å². The van der Waals surface area contributed by atoms with E-state index in [0.717, 1.165) is 21.8 Å². The normalized spacial score (nSPS) is 10.9. The molecule has 6 heteroatoms. The molecular formula is C14H12ClN3O2. The number of carbonyl (C=O) groups excluding carboxylic acids is 1. The molecule has 1 aromatic carbocycles. The molecule has 1 amide bonds. The smallest absolute Gasteiger partial charge is 0.221 e. The number of amides is 1. The topological polar surface area (TPSA) is 67.0 Å². The first-order valence-corrected chi connectivity index (χ1v) is 6.39. The minimum atomic E-state index is -0.191. The molecule has 2 N–H and O–H groups in total. The van der Waals surface area contributed by atoms with Crippen molar-refractivity contribution in [2.75, 3.05) is 12.4 Å². The van der Waals surface area contributed by atoms with Crippen LogP contribution in [0.2, 0.25) is 5.02 Å². The third-order valence-electron chi connectivity index (χ3n) is 3.11. The summed E-state index contributed by atoms with van der Waals surface area (Å²) in [5.74, 6) is 0.248. The van der Waals surface area contributed by atoms with E-state index in [1.54, 1.807) is 12.4 Å². The maximum atomic E-state index is 11.4. The lowest BCUT2D eigenvalue weighted by Gasteiger charge is -2.12. The van der Waals surface area contributed by atoms with Crippen molar-refractivity contribution in [3.63, 3.8) is 0 Å². The largest absolute Gasteiger partial charge is 0.493 e. The van der Waals surface area contributed by atoms with Gasteiger partial charge in [0.1, 0.15) is 5.69 Å². The van der Waals surface area contributed by atoms with Crippen molar-refractivity contribution in [3.8, 4) is 5.75 Å². The van der Waals surface area contributed by atoms with Gasteiger partial charge >= 0.3 is 0 Å². The van der Waals surface area contributed by atoms with Gasteiger partial charge in [-0.3, -0.25) is 9.78 Å². The third kappa shape index (κ3) is 1.87. The molecule has 0 saturated carbocycles. The fourth-order valence-corrected chi connectivity index (χ4v) is 2.61. The molecule has 0 aliphatic heterocycles. The molecule has 3 rings (SSSR count). The number of aromatic amines is 1. The number of carbonyl (C=O) groups is 1. The minimum Gasteiger partial charge on any atom is -0.493 e. The Bertz CT molecular complexity index is 826. The molecule has 0 aliphatic carbocycles. The number of nitrogens with zero attached hydrogens (tertiary/aromatic N) is 1. The highest BCUT2D eigenvalue weighted by Gasteiger charge is 2.17. The first-order valence-electron chi connectivity index (χ1n) is 6.01. The number of ether oxygens (including phenoxy) is 1. The van der Waals surface area contributed by atoms with Crippen LogP contribution < -0.4 is 10.1 Å². The standard InChI is InChI=1S/C14H12ClN3O2/c1-7(19)17-13-12-9(5-10(15)14(13)20-2)8-3-4-16-6-11(8)18-12/h3-6,18H,1-2H3,(H,17,19). The van der Waals surface area contributed by atoms with Gasteiger partial charge < -0.3 is 15.0 Å². The van der Waals surface area contributed by atoms with Crippen LogP contribution in [-0.4, -0.2) is 23.0 Å². The number of halogens is 1. The SMILES string of the molecule is COc1c(Cl)cc2c([nH]c3cnccc32)c1NC(C)=O. The maximum absolute atomic E-state index is 11.4. The second-order valence-electron chi connectivity index (χ2n) is 4.42. The summed E-state index contributed by atoms with van der Waals surface area (Å²) in [5, 5.41) is 5.12. The summed E-state index contributed by atoms with van der Waals surface area (Å²) >= 11 is 6.24. The average molecular weight is 290 g/mol. The van der Waals surface area contributed by atoms with Crippen LogP contribution in [0.15, 0.2) is 24.5 Å². The molecular weight excluding hydrogens is 278 g/mol. The first-order chi connectivity index (χ1) is 9.61. The number of benzene rings is 1. The van der Waals surface area contributed by atoms with Crippen molar-refractivity contribution in [2.24, 2.45) is 0 Å². The Morgan fingerprint density at radius 1 is 1.45 bits per heavy atom. The van der Waals surface area contributed by atoms with E-state index in [0.29, 0.717) is 16.5 Å². The molecule has 0 saturated heterocycles. The van der Waals surface area contributed by atoms with Crippen molar-refractivity contribution < 1.29 is 9.53 Å². The van der Waals surface area contributed by atoms with Crippen LogP contribution in [0.25, 0.3) is 21.8 Å². The maximum Gasteiger partial charge on any atom is 0.221 e. The van der Waals surface area contributed by atoms with E-state index in [1.165, 1.54) is 14.0 Å². The Morgan fingerprint density at radius 2 is 2.25 bits per heavy atom. The molecule has 0 atom stereocenters. The van der Waals surface area contributed by atoms with E-state index >= 15 is 0 Å². The van der Waals surface area contributed by atoms with Gasteiger partial charge in [0.15, 0.2) is 5.75 Å². The van der Waals surface area contributed by atoms with Gasteiger partial charge in [0, 0.05) is 23.9 Å². The molecule has 0 spiro atoms. The summed E-state index contributed by atoms with van der Waals surface area (Å²) in [4.78, 5) is 18.7. The zero-order chi connectivity index (χ0) is 14.3. The Balaban J connectivity index is 2.44. The summed E-state index contributed by atoms with van der Waals surface area (Å²) in [6, 6.07) is 3.72. The van der Waals surface area contributed by atoms with Gasteiger partial charge in [-0.15, -0.1) is 0 Å². The first kappa shape index (κ1) is 12.7. The van der Waals surface area contributed by atoms with Gasteiger partial charge in [-0.05, 0) is 12.1 Å². The summed E-state index contributed by atoms with van der Waals surface area (Å²) < 4.78 is 5.30. The summed E-state index contributed by atoms with van der Waals surface area (Å²) in [6.07, 6.45) is 3.44. The van der Waals surface area contributed by atoms with Gasteiger partial charge in [0.05, 0.1) is 29.4 Å². The van der Waals surface area contributed by atoms with Crippen LogP contribution >= 0.6 is 11.6 Å². The molecule has 0 fully saturated rings. The van der Waals surface area contributed by atoms with E-state index in [-0.39, 0.29) is 5.91 Å². The molecule has 0 aliphatic rings. The molecule has 0 radical (unpaired) electrons. The van der Waals surface area contributed by atoms with Crippen LogP contribution in [0, 0.1) is 0 Å². The average Bonchev–Trinajstić information content (AvgIpc) is 2.77. The minimum absolute atomic E-state index is 0.191. The van der Waals surface area contributed by atoms with E-state index in [1.807, 2.05) is 12.1 Å². The van der Waals surface area contributed by atoms with Crippen LogP contribution in [0.5, 0.6) is 5.75 Å². The van der Waals surface area contributed by atoms with Crippen molar-refractivity contribution in [1.82, 2.24) is 9.97 Å². The Kier molecular flexibility index (Phi) is 2.99. The van der Waals surface area contributed by atoms with E-state index in [2.05, 4.69) is 15.3 Å². The number of methoxy groups -OCH3 is 1. The molecule has 20 heavy (non-hydrogen) atoms. The summed E-state index contributed by atoms with van der Waals surface area (Å²) in [7, 11) is 1.52. The molecule has 2 heterocycles. The molecule has 0 bridgehead atoms.